The van der Waals surface area contributed by atoms with Crippen LogP contribution in [0, 0.1) is 5.92 Å². The molecule has 1 amide bonds. The van der Waals surface area contributed by atoms with Crippen molar-refractivity contribution in [3.05, 3.63) is 23.9 Å². The van der Waals surface area contributed by atoms with E-state index in [2.05, 4.69) is 24.1 Å². The van der Waals surface area contributed by atoms with Crippen molar-refractivity contribution in [3.8, 4) is 0 Å². The number of aromatic nitrogens is 1. The Morgan fingerprint density at radius 1 is 1.50 bits per heavy atom. The Balaban J connectivity index is 2.63. The van der Waals surface area contributed by atoms with E-state index < -0.39 is 0 Å². The summed E-state index contributed by atoms with van der Waals surface area (Å²) in [5.41, 5.74) is 1.20. The average Bonchev–Trinajstić information content (AvgIpc) is 2.06. The van der Waals surface area contributed by atoms with Gasteiger partial charge in [0.15, 0.2) is 0 Å². The van der Waals surface area contributed by atoms with Crippen LogP contribution in [0.15, 0.2) is 18.3 Å². The van der Waals surface area contributed by atoms with E-state index in [4.69, 9.17) is 0 Å². The lowest BCUT2D eigenvalue weighted by atomic mass is 10.1. The third kappa shape index (κ3) is 3.56. The van der Waals surface area contributed by atoms with Crippen LogP contribution in [0.2, 0.25) is 0 Å². The second kappa shape index (κ2) is 4.74. The maximum absolute atomic E-state index is 10.7. The first-order valence-electron chi connectivity index (χ1n) is 4.80. The quantitative estimate of drug-likeness (QED) is 0.798. The summed E-state index contributed by atoms with van der Waals surface area (Å²) in [7, 11) is 0. The van der Waals surface area contributed by atoms with Gasteiger partial charge in [0.05, 0.1) is 0 Å². The Hall–Kier alpha value is -1.38. The maximum atomic E-state index is 10.7. The smallest absolute Gasteiger partial charge is 0.222 e. The first-order chi connectivity index (χ1) is 6.58. The van der Waals surface area contributed by atoms with E-state index in [1.807, 2.05) is 18.3 Å². The zero-order valence-electron chi connectivity index (χ0n) is 8.87. The predicted octanol–water partition coefficient (Wildman–Crippen LogP) is 2.24. The molecule has 0 fully saturated rings. The number of nitrogens with one attached hydrogen (secondary N) is 1. The van der Waals surface area contributed by atoms with Crippen LogP contribution in [0.4, 0.5) is 5.82 Å². The zero-order valence-corrected chi connectivity index (χ0v) is 8.87. The van der Waals surface area contributed by atoms with Crippen molar-refractivity contribution in [1.29, 1.82) is 0 Å². The first kappa shape index (κ1) is 10.7. The van der Waals surface area contributed by atoms with Crippen LogP contribution in [-0.2, 0) is 11.2 Å². The van der Waals surface area contributed by atoms with Crippen LogP contribution < -0.4 is 5.32 Å². The molecule has 0 radical (unpaired) electrons. The number of pyridine rings is 1. The van der Waals surface area contributed by atoms with E-state index in [9.17, 15) is 4.79 Å². The molecule has 0 saturated carbocycles. The molecule has 0 aliphatic heterocycles. The SMILES string of the molecule is CC(=O)Nc1ccc(CC(C)C)cn1. The third-order valence-corrected chi connectivity index (χ3v) is 1.77. The summed E-state index contributed by atoms with van der Waals surface area (Å²) in [6, 6.07) is 3.83. The number of hydrogen-bond donors (Lipinski definition) is 1. The number of amides is 1. The van der Waals surface area contributed by atoms with E-state index in [1.165, 1.54) is 12.5 Å². The molecule has 76 valence electrons. The summed E-state index contributed by atoms with van der Waals surface area (Å²) >= 11 is 0. The first-order valence-corrected chi connectivity index (χ1v) is 4.80. The van der Waals surface area contributed by atoms with Crippen molar-refractivity contribution in [1.82, 2.24) is 4.98 Å². The molecule has 0 aliphatic rings. The number of carbonyl (C=O) groups is 1. The highest BCUT2D eigenvalue weighted by atomic mass is 16.1. The van der Waals surface area contributed by atoms with Gasteiger partial charge in [-0.15, -0.1) is 0 Å². The van der Waals surface area contributed by atoms with Gasteiger partial charge < -0.3 is 5.32 Å². The second-order valence-electron chi connectivity index (χ2n) is 3.83. The van der Waals surface area contributed by atoms with Gasteiger partial charge in [-0.05, 0) is 24.0 Å². The number of rotatable bonds is 3. The van der Waals surface area contributed by atoms with E-state index in [0.29, 0.717) is 11.7 Å². The van der Waals surface area contributed by atoms with Crippen LogP contribution in [-0.4, -0.2) is 10.9 Å². The van der Waals surface area contributed by atoms with Gasteiger partial charge in [0, 0.05) is 13.1 Å². The molecule has 1 heterocycles. The normalized spacial score (nSPS) is 10.3. The van der Waals surface area contributed by atoms with Gasteiger partial charge in [-0.2, -0.15) is 0 Å². The molecule has 0 bridgehead atoms. The van der Waals surface area contributed by atoms with Gasteiger partial charge in [-0.25, -0.2) is 4.98 Å². The maximum Gasteiger partial charge on any atom is 0.222 e. The average molecular weight is 192 g/mol. The molecular formula is C11H16N2O. The Morgan fingerprint density at radius 3 is 2.64 bits per heavy atom. The second-order valence-corrected chi connectivity index (χ2v) is 3.83. The number of nitrogens with zero attached hydrogens (tertiary/aromatic N) is 1. The summed E-state index contributed by atoms with van der Waals surface area (Å²) in [5, 5.41) is 2.64. The van der Waals surface area contributed by atoms with Gasteiger partial charge in [-0.1, -0.05) is 19.9 Å². The van der Waals surface area contributed by atoms with E-state index in [1.54, 1.807) is 0 Å². The molecule has 1 rings (SSSR count). The summed E-state index contributed by atoms with van der Waals surface area (Å²) in [6.07, 6.45) is 2.83. The van der Waals surface area contributed by atoms with Gasteiger partial charge >= 0.3 is 0 Å². The predicted molar refractivity (Wildman–Crippen MR) is 57.1 cm³/mol. The molecule has 3 heteroatoms. The molecule has 3 nitrogen and oxygen atoms in total. The fourth-order valence-corrected chi connectivity index (χ4v) is 1.27. The fourth-order valence-electron chi connectivity index (χ4n) is 1.27. The highest BCUT2D eigenvalue weighted by Crippen LogP contribution is 2.09. The molecule has 1 aromatic heterocycles. The topological polar surface area (TPSA) is 42.0 Å². The molecule has 0 saturated heterocycles. The van der Waals surface area contributed by atoms with E-state index >= 15 is 0 Å². The van der Waals surface area contributed by atoms with E-state index in [-0.39, 0.29) is 5.91 Å². The Kier molecular flexibility index (Phi) is 3.63. The molecule has 1 N–H and O–H groups in total. The standard InChI is InChI=1S/C11H16N2O/c1-8(2)6-10-4-5-11(12-7-10)13-9(3)14/h4-5,7-8H,6H2,1-3H3,(H,12,13,14). The molecular weight excluding hydrogens is 176 g/mol. The van der Waals surface area contributed by atoms with Crippen molar-refractivity contribution in [2.45, 2.75) is 27.2 Å². The lowest BCUT2D eigenvalue weighted by Gasteiger charge is -2.05. The van der Waals surface area contributed by atoms with Gasteiger partial charge in [-0.3, -0.25) is 4.79 Å². The molecule has 0 unspecified atom stereocenters. The van der Waals surface area contributed by atoms with Crippen molar-refractivity contribution >= 4 is 11.7 Å². The van der Waals surface area contributed by atoms with Crippen LogP contribution in [0.1, 0.15) is 26.3 Å². The minimum absolute atomic E-state index is 0.0888. The van der Waals surface area contributed by atoms with Crippen molar-refractivity contribution < 1.29 is 4.79 Å². The fraction of sp³-hybridized carbons (Fsp3) is 0.455. The molecule has 1 aromatic rings. The summed E-state index contributed by atoms with van der Waals surface area (Å²) < 4.78 is 0. The van der Waals surface area contributed by atoms with Crippen LogP contribution >= 0.6 is 0 Å². The van der Waals surface area contributed by atoms with Gasteiger partial charge in [0.25, 0.3) is 0 Å². The highest BCUT2D eigenvalue weighted by Gasteiger charge is 1.99. The Labute approximate surface area is 84.6 Å². The summed E-state index contributed by atoms with van der Waals surface area (Å²) in [5.74, 6) is 1.16. The van der Waals surface area contributed by atoms with Crippen molar-refractivity contribution in [2.24, 2.45) is 5.92 Å². The number of carbonyl (C=O) groups excluding carboxylic acids is 1. The minimum Gasteiger partial charge on any atom is -0.311 e. The van der Waals surface area contributed by atoms with Gasteiger partial charge in [0.1, 0.15) is 5.82 Å². The largest absolute Gasteiger partial charge is 0.311 e. The minimum atomic E-state index is -0.0888. The molecule has 0 aliphatic carbocycles. The molecule has 0 spiro atoms. The lowest BCUT2D eigenvalue weighted by Crippen LogP contribution is -2.07. The third-order valence-electron chi connectivity index (χ3n) is 1.77. The number of anilines is 1. The summed E-state index contributed by atoms with van der Waals surface area (Å²) in [4.78, 5) is 14.9. The zero-order chi connectivity index (χ0) is 10.6. The van der Waals surface area contributed by atoms with Gasteiger partial charge in [0.2, 0.25) is 5.91 Å². The molecule has 0 atom stereocenters. The molecule has 0 aromatic carbocycles. The lowest BCUT2D eigenvalue weighted by molar-refractivity contribution is -0.114. The monoisotopic (exact) mass is 192 g/mol. The van der Waals surface area contributed by atoms with E-state index in [0.717, 1.165) is 6.42 Å². The highest BCUT2D eigenvalue weighted by molar-refractivity contribution is 5.87. The van der Waals surface area contributed by atoms with Crippen LogP contribution in [0.25, 0.3) is 0 Å². The number of hydrogen-bond acceptors (Lipinski definition) is 2. The van der Waals surface area contributed by atoms with Crippen molar-refractivity contribution in [2.75, 3.05) is 5.32 Å². The van der Waals surface area contributed by atoms with Crippen LogP contribution in [0.3, 0.4) is 0 Å². The van der Waals surface area contributed by atoms with Crippen molar-refractivity contribution in [3.63, 3.8) is 0 Å². The van der Waals surface area contributed by atoms with Crippen LogP contribution in [0.5, 0.6) is 0 Å². The molecule has 14 heavy (non-hydrogen) atoms. The Morgan fingerprint density at radius 2 is 2.21 bits per heavy atom. The Bertz CT molecular complexity index is 304. The summed E-state index contributed by atoms with van der Waals surface area (Å²) in [6.45, 7) is 5.81.